The first-order valence-electron chi connectivity index (χ1n) is 6.10. The van der Waals surface area contributed by atoms with Crippen LogP contribution in [0.25, 0.3) is 0 Å². The van der Waals surface area contributed by atoms with Gasteiger partial charge in [0, 0.05) is 30.2 Å². The monoisotopic (exact) mass is 298 g/mol. The van der Waals surface area contributed by atoms with Crippen molar-refractivity contribution in [2.45, 2.75) is 6.54 Å². The standard InChI is InChI=1S/C13H15ClN2O4/c1-20-11-4-2-3-10(14)9(11)5-15-13(19)16-6-8(7-16)12(17)18/h2-4,8H,5-7H2,1H3,(H,15,19)(H,17,18). The molecule has 1 fully saturated rings. The van der Waals surface area contributed by atoms with Crippen LogP contribution in [0.15, 0.2) is 18.2 Å². The molecule has 0 saturated carbocycles. The third kappa shape index (κ3) is 2.96. The highest BCUT2D eigenvalue weighted by molar-refractivity contribution is 6.31. The highest BCUT2D eigenvalue weighted by Crippen LogP contribution is 2.26. The van der Waals surface area contributed by atoms with Gasteiger partial charge >= 0.3 is 12.0 Å². The summed E-state index contributed by atoms with van der Waals surface area (Å²) in [5.41, 5.74) is 0.695. The van der Waals surface area contributed by atoms with E-state index in [4.69, 9.17) is 21.4 Å². The van der Waals surface area contributed by atoms with Gasteiger partial charge in [-0.3, -0.25) is 4.79 Å². The molecule has 2 rings (SSSR count). The van der Waals surface area contributed by atoms with E-state index in [9.17, 15) is 9.59 Å². The number of nitrogens with one attached hydrogen (secondary N) is 1. The molecule has 1 heterocycles. The number of urea groups is 1. The van der Waals surface area contributed by atoms with Crippen LogP contribution >= 0.6 is 11.6 Å². The molecule has 108 valence electrons. The van der Waals surface area contributed by atoms with Crippen molar-refractivity contribution in [2.24, 2.45) is 5.92 Å². The summed E-state index contributed by atoms with van der Waals surface area (Å²) in [6.45, 7) is 0.706. The Bertz CT molecular complexity index is 529. The van der Waals surface area contributed by atoms with E-state index in [1.54, 1.807) is 18.2 Å². The Labute approximate surface area is 121 Å². The molecule has 7 heteroatoms. The molecule has 2 amide bonds. The van der Waals surface area contributed by atoms with Crippen molar-refractivity contribution in [3.05, 3.63) is 28.8 Å². The van der Waals surface area contributed by atoms with E-state index in [0.29, 0.717) is 16.3 Å². The van der Waals surface area contributed by atoms with E-state index in [2.05, 4.69) is 5.32 Å². The molecule has 1 aliphatic rings. The van der Waals surface area contributed by atoms with Gasteiger partial charge in [0.05, 0.1) is 13.0 Å². The van der Waals surface area contributed by atoms with Crippen LogP contribution in [0.1, 0.15) is 5.56 Å². The summed E-state index contributed by atoms with van der Waals surface area (Å²) in [6, 6.07) is 4.94. The molecule has 0 bridgehead atoms. The second-order valence-electron chi connectivity index (χ2n) is 4.52. The molecule has 0 atom stereocenters. The number of hydrogen-bond donors (Lipinski definition) is 2. The van der Waals surface area contributed by atoms with Crippen molar-refractivity contribution in [2.75, 3.05) is 20.2 Å². The molecule has 1 aliphatic heterocycles. The summed E-state index contributed by atoms with van der Waals surface area (Å²) in [5, 5.41) is 12.0. The van der Waals surface area contributed by atoms with Crippen molar-refractivity contribution in [1.29, 1.82) is 0 Å². The van der Waals surface area contributed by atoms with Gasteiger partial charge < -0.3 is 20.1 Å². The summed E-state index contributed by atoms with van der Waals surface area (Å²) in [4.78, 5) is 23.9. The van der Waals surface area contributed by atoms with Crippen LogP contribution in [-0.2, 0) is 11.3 Å². The number of hydrogen-bond acceptors (Lipinski definition) is 3. The van der Waals surface area contributed by atoms with Gasteiger partial charge in [-0.1, -0.05) is 17.7 Å². The van der Waals surface area contributed by atoms with Crippen LogP contribution in [0.4, 0.5) is 4.79 Å². The fourth-order valence-electron chi connectivity index (χ4n) is 1.98. The highest BCUT2D eigenvalue weighted by Gasteiger charge is 2.35. The van der Waals surface area contributed by atoms with Crippen LogP contribution in [0, 0.1) is 5.92 Å². The maximum absolute atomic E-state index is 11.8. The summed E-state index contributed by atoms with van der Waals surface area (Å²) in [6.07, 6.45) is 0. The Kier molecular flexibility index (Phi) is 4.34. The van der Waals surface area contributed by atoms with Gasteiger partial charge in [0.15, 0.2) is 0 Å². The molecule has 20 heavy (non-hydrogen) atoms. The van der Waals surface area contributed by atoms with Crippen molar-refractivity contribution in [1.82, 2.24) is 10.2 Å². The van der Waals surface area contributed by atoms with E-state index in [1.807, 2.05) is 0 Å². The Hall–Kier alpha value is -1.95. The van der Waals surface area contributed by atoms with Gasteiger partial charge in [0.2, 0.25) is 0 Å². The lowest BCUT2D eigenvalue weighted by Crippen LogP contribution is -2.56. The minimum Gasteiger partial charge on any atom is -0.496 e. The number of methoxy groups -OCH3 is 1. The van der Waals surface area contributed by atoms with E-state index in [-0.39, 0.29) is 25.7 Å². The third-order valence-corrected chi connectivity index (χ3v) is 3.58. The number of nitrogens with zero attached hydrogens (tertiary/aromatic N) is 1. The Balaban J connectivity index is 1.90. The zero-order valence-electron chi connectivity index (χ0n) is 10.9. The predicted molar refractivity (Wildman–Crippen MR) is 72.9 cm³/mol. The van der Waals surface area contributed by atoms with E-state index >= 15 is 0 Å². The number of likely N-dealkylation sites (tertiary alicyclic amines) is 1. The maximum atomic E-state index is 11.8. The molecule has 1 aromatic carbocycles. The molecule has 1 aromatic rings. The van der Waals surface area contributed by atoms with E-state index < -0.39 is 11.9 Å². The Morgan fingerprint density at radius 2 is 2.20 bits per heavy atom. The first kappa shape index (κ1) is 14.5. The lowest BCUT2D eigenvalue weighted by molar-refractivity contribution is -0.146. The van der Waals surface area contributed by atoms with E-state index in [0.717, 1.165) is 0 Å². The Morgan fingerprint density at radius 1 is 1.50 bits per heavy atom. The molecular weight excluding hydrogens is 284 g/mol. The smallest absolute Gasteiger partial charge is 0.317 e. The fraction of sp³-hybridized carbons (Fsp3) is 0.385. The summed E-state index contributed by atoms with van der Waals surface area (Å²) >= 11 is 6.06. The maximum Gasteiger partial charge on any atom is 0.317 e. The van der Waals surface area contributed by atoms with Gasteiger partial charge in [-0.2, -0.15) is 0 Å². The lowest BCUT2D eigenvalue weighted by Gasteiger charge is -2.36. The van der Waals surface area contributed by atoms with Crippen molar-refractivity contribution in [3.8, 4) is 5.75 Å². The number of aliphatic carboxylic acids is 1. The van der Waals surface area contributed by atoms with Crippen LogP contribution in [0.5, 0.6) is 5.75 Å². The van der Waals surface area contributed by atoms with Crippen LogP contribution in [0.2, 0.25) is 5.02 Å². The van der Waals surface area contributed by atoms with Crippen molar-refractivity contribution < 1.29 is 19.4 Å². The number of ether oxygens (including phenoxy) is 1. The summed E-state index contributed by atoms with van der Waals surface area (Å²) in [7, 11) is 1.53. The number of carboxylic acids is 1. The van der Waals surface area contributed by atoms with Crippen LogP contribution in [0.3, 0.4) is 0 Å². The van der Waals surface area contributed by atoms with Gasteiger partial charge in [-0.25, -0.2) is 4.79 Å². The topological polar surface area (TPSA) is 78.9 Å². The second-order valence-corrected chi connectivity index (χ2v) is 4.93. The lowest BCUT2D eigenvalue weighted by atomic mass is 10.0. The van der Waals surface area contributed by atoms with Gasteiger partial charge in [0.1, 0.15) is 5.75 Å². The zero-order chi connectivity index (χ0) is 14.7. The normalized spacial score (nSPS) is 14.6. The largest absolute Gasteiger partial charge is 0.496 e. The Morgan fingerprint density at radius 3 is 2.80 bits per heavy atom. The average Bonchev–Trinajstić information content (AvgIpc) is 2.34. The molecule has 0 aliphatic carbocycles. The predicted octanol–water partition coefficient (Wildman–Crippen LogP) is 1.57. The first-order chi connectivity index (χ1) is 9.52. The van der Waals surface area contributed by atoms with Crippen molar-refractivity contribution >= 4 is 23.6 Å². The molecule has 0 aromatic heterocycles. The second kappa shape index (κ2) is 6.00. The quantitative estimate of drug-likeness (QED) is 0.884. The molecule has 6 nitrogen and oxygen atoms in total. The molecule has 0 unspecified atom stereocenters. The van der Waals surface area contributed by atoms with Gasteiger partial charge in [0.25, 0.3) is 0 Å². The number of amides is 2. The number of carbonyl (C=O) groups excluding carboxylic acids is 1. The SMILES string of the molecule is COc1cccc(Cl)c1CNC(=O)N1CC(C(=O)O)C1. The molecule has 2 N–H and O–H groups in total. The third-order valence-electron chi connectivity index (χ3n) is 3.23. The average molecular weight is 299 g/mol. The number of carboxylic acid groups (broad SMARTS) is 1. The molecule has 1 saturated heterocycles. The molecule has 0 radical (unpaired) electrons. The van der Waals surface area contributed by atoms with Crippen molar-refractivity contribution in [3.63, 3.8) is 0 Å². The summed E-state index contributed by atoms with van der Waals surface area (Å²) in [5.74, 6) is -0.734. The van der Waals surface area contributed by atoms with Gasteiger partial charge in [-0.05, 0) is 12.1 Å². The molecule has 0 spiro atoms. The zero-order valence-corrected chi connectivity index (χ0v) is 11.7. The van der Waals surface area contributed by atoms with Crippen LogP contribution in [-0.4, -0.2) is 42.2 Å². The van der Waals surface area contributed by atoms with E-state index in [1.165, 1.54) is 12.0 Å². The minimum absolute atomic E-state index is 0.232. The minimum atomic E-state index is -0.873. The first-order valence-corrected chi connectivity index (χ1v) is 6.47. The molecular formula is C13H15ClN2O4. The number of halogens is 1. The van der Waals surface area contributed by atoms with Gasteiger partial charge in [-0.15, -0.1) is 0 Å². The number of carbonyl (C=O) groups is 2. The summed E-state index contributed by atoms with van der Waals surface area (Å²) < 4.78 is 5.18. The van der Waals surface area contributed by atoms with Crippen LogP contribution < -0.4 is 10.1 Å². The number of rotatable bonds is 4. The number of benzene rings is 1. The fourth-order valence-corrected chi connectivity index (χ4v) is 2.21. The highest BCUT2D eigenvalue weighted by atomic mass is 35.5.